The van der Waals surface area contributed by atoms with Gasteiger partial charge in [0.05, 0.1) is 5.52 Å². The van der Waals surface area contributed by atoms with Gasteiger partial charge in [0.15, 0.2) is 0 Å². The van der Waals surface area contributed by atoms with Crippen LogP contribution < -0.4 is 4.74 Å². The Morgan fingerprint density at radius 2 is 2.14 bits per heavy atom. The van der Waals surface area contributed by atoms with Crippen LogP contribution >= 0.6 is 11.6 Å². The Labute approximate surface area is 167 Å². The number of para-hydroxylation sites is 1. The molecule has 1 aliphatic rings. The maximum Gasteiger partial charge on any atom is 0.143 e. The molecule has 0 amide bonds. The van der Waals surface area contributed by atoms with E-state index in [-0.39, 0.29) is 6.61 Å². The van der Waals surface area contributed by atoms with Crippen molar-refractivity contribution in [2.24, 2.45) is 0 Å². The van der Waals surface area contributed by atoms with E-state index < -0.39 is 6.10 Å². The van der Waals surface area contributed by atoms with Crippen molar-refractivity contribution in [2.75, 3.05) is 19.7 Å². The van der Waals surface area contributed by atoms with E-state index in [4.69, 9.17) is 16.3 Å². The SMILES string of the molecule is OC(COc1cccc2cc[nH]c12)CN1CCc2[nH]c3ccc(Cl)cc3c2C1. The summed E-state index contributed by atoms with van der Waals surface area (Å²) in [5.41, 5.74) is 4.65. The minimum atomic E-state index is -0.555. The van der Waals surface area contributed by atoms with Crippen molar-refractivity contribution in [3.05, 3.63) is 64.9 Å². The molecular formula is C22H22ClN3O2. The first-order chi connectivity index (χ1) is 13.7. The molecule has 1 atom stereocenters. The molecule has 3 heterocycles. The molecule has 28 heavy (non-hydrogen) atoms. The van der Waals surface area contributed by atoms with Gasteiger partial charge in [-0.3, -0.25) is 4.90 Å². The number of β-amino-alcohol motifs (C(OH)–C–C–N with tert-alkyl or cyclic N) is 1. The number of nitrogens with one attached hydrogen (secondary N) is 2. The lowest BCUT2D eigenvalue weighted by atomic mass is 10.0. The van der Waals surface area contributed by atoms with E-state index in [1.165, 1.54) is 16.6 Å². The van der Waals surface area contributed by atoms with E-state index in [2.05, 4.69) is 14.9 Å². The number of aliphatic hydroxyl groups excluding tert-OH is 1. The van der Waals surface area contributed by atoms with Crippen LogP contribution in [0.2, 0.25) is 5.02 Å². The Hall–Kier alpha value is -2.47. The van der Waals surface area contributed by atoms with Gasteiger partial charge in [-0.25, -0.2) is 0 Å². The van der Waals surface area contributed by atoms with Gasteiger partial charge in [-0.15, -0.1) is 0 Å². The molecular weight excluding hydrogens is 374 g/mol. The molecule has 144 valence electrons. The maximum atomic E-state index is 10.5. The van der Waals surface area contributed by atoms with E-state index in [9.17, 15) is 5.11 Å². The monoisotopic (exact) mass is 395 g/mol. The second-order valence-corrected chi connectivity index (χ2v) is 7.86. The summed E-state index contributed by atoms with van der Waals surface area (Å²) < 4.78 is 5.89. The fraction of sp³-hybridized carbons (Fsp3) is 0.273. The second-order valence-electron chi connectivity index (χ2n) is 7.42. The summed E-state index contributed by atoms with van der Waals surface area (Å²) in [5, 5.41) is 13.6. The van der Waals surface area contributed by atoms with Gasteiger partial charge in [-0.1, -0.05) is 23.7 Å². The third-order valence-corrected chi connectivity index (χ3v) is 5.70. The zero-order chi connectivity index (χ0) is 19.1. The van der Waals surface area contributed by atoms with Gasteiger partial charge in [-0.05, 0) is 35.9 Å². The summed E-state index contributed by atoms with van der Waals surface area (Å²) in [6.45, 7) is 2.56. The topological polar surface area (TPSA) is 64.3 Å². The first kappa shape index (κ1) is 17.6. The van der Waals surface area contributed by atoms with Crippen molar-refractivity contribution in [1.82, 2.24) is 14.9 Å². The molecule has 2 aromatic carbocycles. The van der Waals surface area contributed by atoms with Crippen LogP contribution in [0.1, 0.15) is 11.3 Å². The van der Waals surface area contributed by atoms with Crippen molar-refractivity contribution in [3.8, 4) is 5.75 Å². The molecule has 0 spiro atoms. The van der Waals surface area contributed by atoms with E-state index in [0.29, 0.717) is 6.54 Å². The highest BCUT2D eigenvalue weighted by molar-refractivity contribution is 6.31. The highest BCUT2D eigenvalue weighted by Gasteiger charge is 2.22. The molecule has 0 bridgehead atoms. The molecule has 2 aromatic heterocycles. The van der Waals surface area contributed by atoms with Crippen LogP contribution in [0.15, 0.2) is 48.7 Å². The average Bonchev–Trinajstić information content (AvgIpc) is 3.31. The number of hydrogen-bond acceptors (Lipinski definition) is 3. The van der Waals surface area contributed by atoms with Crippen LogP contribution in [0.5, 0.6) is 5.75 Å². The lowest BCUT2D eigenvalue weighted by Crippen LogP contribution is -2.38. The molecule has 6 heteroatoms. The number of ether oxygens (including phenoxy) is 1. The molecule has 0 radical (unpaired) electrons. The third kappa shape index (κ3) is 3.26. The van der Waals surface area contributed by atoms with E-state index in [1.807, 2.05) is 48.7 Å². The van der Waals surface area contributed by atoms with Crippen molar-refractivity contribution < 1.29 is 9.84 Å². The largest absolute Gasteiger partial charge is 0.489 e. The fourth-order valence-corrected chi connectivity index (χ4v) is 4.28. The van der Waals surface area contributed by atoms with Crippen molar-refractivity contribution in [3.63, 3.8) is 0 Å². The van der Waals surface area contributed by atoms with E-state index >= 15 is 0 Å². The second kappa shape index (κ2) is 7.17. The summed E-state index contributed by atoms with van der Waals surface area (Å²) >= 11 is 6.18. The van der Waals surface area contributed by atoms with Gasteiger partial charge in [0.2, 0.25) is 0 Å². The molecule has 0 aliphatic carbocycles. The number of benzene rings is 2. The van der Waals surface area contributed by atoms with Gasteiger partial charge in [0.1, 0.15) is 18.5 Å². The Morgan fingerprint density at radius 3 is 3.07 bits per heavy atom. The minimum absolute atomic E-state index is 0.265. The van der Waals surface area contributed by atoms with Gasteiger partial charge in [0, 0.05) is 59.3 Å². The quantitative estimate of drug-likeness (QED) is 0.476. The molecule has 1 aliphatic heterocycles. The third-order valence-electron chi connectivity index (χ3n) is 5.47. The zero-order valence-corrected chi connectivity index (χ0v) is 16.2. The molecule has 0 saturated carbocycles. The number of aromatic amines is 2. The molecule has 5 rings (SSSR count). The number of H-pyrrole nitrogens is 2. The predicted octanol–water partition coefficient (Wildman–Crippen LogP) is 4.10. The zero-order valence-electron chi connectivity index (χ0n) is 15.4. The summed E-state index contributed by atoms with van der Waals surface area (Å²) in [5.74, 6) is 0.772. The van der Waals surface area contributed by atoms with Gasteiger partial charge in [0.25, 0.3) is 0 Å². The van der Waals surface area contributed by atoms with Gasteiger partial charge in [-0.2, -0.15) is 0 Å². The molecule has 0 fully saturated rings. The number of rotatable bonds is 5. The molecule has 4 aromatic rings. The molecule has 1 unspecified atom stereocenters. The lowest BCUT2D eigenvalue weighted by molar-refractivity contribution is 0.0643. The normalized spacial score (nSPS) is 15.8. The Morgan fingerprint density at radius 1 is 1.21 bits per heavy atom. The van der Waals surface area contributed by atoms with Crippen molar-refractivity contribution >= 4 is 33.4 Å². The van der Waals surface area contributed by atoms with Crippen LogP contribution in [0.4, 0.5) is 0 Å². The standard InChI is InChI=1S/C22H22ClN3O2/c23-15-4-5-19-17(10-15)18-12-26(9-7-20(18)25-19)11-16(27)13-28-21-3-1-2-14-6-8-24-22(14)21/h1-6,8,10,16,24-25,27H,7,9,11-13H2. The summed E-state index contributed by atoms with van der Waals surface area (Å²) in [6, 6.07) is 13.9. The number of fused-ring (bicyclic) bond motifs is 4. The van der Waals surface area contributed by atoms with Crippen LogP contribution in [-0.4, -0.2) is 45.8 Å². The smallest absolute Gasteiger partial charge is 0.143 e. The molecule has 5 nitrogen and oxygen atoms in total. The van der Waals surface area contributed by atoms with E-state index in [0.717, 1.165) is 46.7 Å². The average molecular weight is 396 g/mol. The first-order valence-corrected chi connectivity index (χ1v) is 9.93. The van der Waals surface area contributed by atoms with Gasteiger partial charge >= 0.3 is 0 Å². The Balaban J connectivity index is 1.25. The summed E-state index contributed by atoms with van der Waals surface area (Å²) in [4.78, 5) is 8.97. The number of nitrogens with zero attached hydrogens (tertiary/aromatic N) is 1. The number of aromatic nitrogens is 2. The van der Waals surface area contributed by atoms with Gasteiger partial charge < -0.3 is 19.8 Å². The maximum absolute atomic E-state index is 10.5. The number of aliphatic hydroxyl groups is 1. The van der Waals surface area contributed by atoms with Crippen LogP contribution in [0.25, 0.3) is 21.8 Å². The first-order valence-electron chi connectivity index (χ1n) is 9.56. The Kier molecular flexibility index (Phi) is 4.51. The van der Waals surface area contributed by atoms with Crippen LogP contribution in [0, 0.1) is 0 Å². The highest BCUT2D eigenvalue weighted by atomic mass is 35.5. The van der Waals surface area contributed by atoms with Crippen LogP contribution in [0.3, 0.4) is 0 Å². The highest BCUT2D eigenvalue weighted by Crippen LogP contribution is 2.30. The predicted molar refractivity (Wildman–Crippen MR) is 112 cm³/mol. The van der Waals surface area contributed by atoms with E-state index in [1.54, 1.807) is 0 Å². The fourth-order valence-electron chi connectivity index (χ4n) is 4.11. The molecule has 3 N–H and O–H groups in total. The lowest BCUT2D eigenvalue weighted by Gasteiger charge is -2.29. The summed E-state index contributed by atoms with van der Waals surface area (Å²) in [7, 11) is 0. The molecule has 0 saturated heterocycles. The number of hydrogen-bond donors (Lipinski definition) is 3. The minimum Gasteiger partial charge on any atom is -0.489 e. The Bertz CT molecular complexity index is 1130. The van der Waals surface area contributed by atoms with Crippen molar-refractivity contribution in [1.29, 1.82) is 0 Å². The van der Waals surface area contributed by atoms with Crippen molar-refractivity contribution in [2.45, 2.75) is 19.1 Å². The number of halogens is 1. The summed E-state index contributed by atoms with van der Waals surface area (Å²) in [6.07, 6.45) is 2.28. The van der Waals surface area contributed by atoms with Crippen LogP contribution in [-0.2, 0) is 13.0 Å².